The largest absolute Gasteiger partial charge is 0.208 e. The summed E-state index contributed by atoms with van der Waals surface area (Å²) in [5, 5.41) is 0. The van der Waals surface area contributed by atoms with Crippen LogP contribution in [0.5, 0.6) is 0 Å². The monoisotopic (exact) mass is 407 g/mol. The van der Waals surface area contributed by atoms with E-state index in [2.05, 4.69) is 64.1 Å². The molecule has 0 amide bonds. The summed E-state index contributed by atoms with van der Waals surface area (Å²) in [6, 6.07) is 23.1. The lowest BCUT2D eigenvalue weighted by molar-refractivity contribution is 0.795. The third-order valence-electron chi connectivity index (χ3n) is 5.88. The molecule has 3 heteroatoms. The smallest absolute Gasteiger partial charge is 0.164 e. The van der Waals surface area contributed by atoms with E-state index < -0.39 is 0 Å². The van der Waals surface area contributed by atoms with E-state index >= 15 is 0 Å². The van der Waals surface area contributed by atoms with Crippen LogP contribution in [0.3, 0.4) is 0 Å². The third-order valence-corrected chi connectivity index (χ3v) is 5.88. The molecule has 3 nitrogen and oxygen atoms in total. The number of nitrogens with zero attached hydrogens (tertiary/aromatic N) is 3. The van der Waals surface area contributed by atoms with Crippen LogP contribution in [0.4, 0.5) is 0 Å². The Morgan fingerprint density at radius 2 is 1.13 bits per heavy atom. The minimum absolute atomic E-state index is 0.701. The first-order valence-electron chi connectivity index (χ1n) is 11.0. The molecule has 3 aromatic carbocycles. The average molecular weight is 408 g/mol. The molecule has 0 unspecified atom stereocenters. The first-order chi connectivity index (χ1) is 15.0. The molecule has 1 heterocycles. The Bertz CT molecular complexity index is 1160. The van der Waals surface area contributed by atoms with E-state index in [4.69, 9.17) is 15.0 Å². The summed E-state index contributed by atoms with van der Waals surface area (Å²) in [6.07, 6.45) is 3.52. The summed E-state index contributed by atoms with van der Waals surface area (Å²) in [5.41, 5.74) is 8.20. The van der Waals surface area contributed by atoms with Crippen molar-refractivity contribution in [3.63, 3.8) is 0 Å². The van der Waals surface area contributed by atoms with Crippen molar-refractivity contribution >= 4 is 0 Å². The molecule has 0 aliphatic heterocycles. The minimum Gasteiger partial charge on any atom is -0.208 e. The van der Waals surface area contributed by atoms with Crippen LogP contribution >= 0.6 is 0 Å². The van der Waals surface area contributed by atoms with Crippen molar-refractivity contribution in [2.45, 2.75) is 47.0 Å². The standard InChI is InChI=1S/C28H29N3/c1-5-6-10-22-13-15-24(16-14-22)27-29-26(23-11-8-7-9-12-23)30-28(31-27)25-17-19(2)21(4)20(3)18-25/h7-9,11-18H,5-6,10H2,1-4H3. The van der Waals surface area contributed by atoms with Gasteiger partial charge >= 0.3 is 0 Å². The van der Waals surface area contributed by atoms with Crippen LogP contribution in [0.1, 0.15) is 42.0 Å². The normalized spacial score (nSPS) is 11.0. The molecule has 4 aromatic rings. The highest BCUT2D eigenvalue weighted by Crippen LogP contribution is 2.27. The predicted molar refractivity (Wildman–Crippen MR) is 129 cm³/mol. The Morgan fingerprint density at radius 3 is 1.68 bits per heavy atom. The lowest BCUT2D eigenvalue weighted by Gasteiger charge is -2.11. The number of aromatic nitrogens is 3. The molecule has 31 heavy (non-hydrogen) atoms. The fraction of sp³-hybridized carbons (Fsp3) is 0.250. The highest BCUT2D eigenvalue weighted by molar-refractivity contribution is 5.67. The van der Waals surface area contributed by atoms with Crippen LogP contribution in [-0.2, 0) is 6.42 Å². The van der Waals surface area contributed by atoms with Gasteiger partial charge in [-0.05, 0) is 68.0 Å². The maximum absolute atomic E-state index is 4.88. The van der Waals surface area contributed by atoms with Gasteiger partial charge in [0, 0.05) is 16.7 Å². The van der Waals surface area contributed by atoms with Gasteiger partial charge in [-0.1, -0.05) is 67.9 Å². The number of benzene rings is 3. The Morgan fingerprint density at radius 1 is 0.613 bits per heavy atom. The number of rotatable bonds is 6. The second-order valence-corrected chi connectivity index (χ2v) is 8.21. The molecule has 0 atom stereocenters. The van der Waals surface area contributed by atoms with Crippen LogP contribution in [-0.4, -0.2) is 15.0 Å². The van der Waals surface area contributed by atoms with Gasteiger partial charge in [-0.25, -0.2) is 15.0 Å². The SMILES string of the molecule is CCCCc1ccc(-c2nc(-c3ccccc3)nc(-c3cc(C)c(C)c(C)c3)n2)cc1. The molecule has 1 aromatic heterocycles. The van der Waals surface area contributed by atoms with E-state index in [0.29, 0.717) is 17.5 Å². The molecule has 4 rings (SSSR count). The molecule has 0 aliphatic carbocycles. The van der Waals surface area contributed by atoms with Crippen molar-refractivity contribution in [1.82, 2.24) is 15.0 Å². The Hall–Kier alpha value is -3.33. The van der Waals surface area contributed by atoms with Crippen LogP contribution in [0.2, 0.25) is 0 Å². The van der Waals surface area contributed by atoms with Crippen LogP contribution in [0.25, 0.3) is 34.2 Å². The first-order valence-corrected chi connectivity index (χ1v) is 11.0. The second kappa shape index (κ2) is 9.22. The van der Waals surface area contributed by atoms with Gasteiger partial charge in [0.25, 0.3) is 0 Å². The summed E-state index contributed by atoms with van der Waals surface area (Å²) in [6.45, 7) is 8.66. The lowest BCUT2D eigenvalue weighted by atomic mass is 10.00. The second-order valence-electron chi connectivity index (χ2n) is 8.21. The van der Waals surface area contributed by atoms with Gasteiger partial charge in [0.15, 0.2) is 17.5 Å². The molecule has 0 saturated carbocycles. The maximum Gasteiger partial charge on any atom is 0.164 e. The zero-order chi connectivity index (χ0) is 21.8. The number of unbranched alkanes of at least 4 members (excludes halogenated alkanes) is 1. The van der Waals surface area contributed by atoms with Crippen molar-refractivity contribution in [3.8, 4) is 34.2 Å². The fourth-order valence-electron chi connectivity index (χ4n) is 3.72. The van der Waals surface area contributed by atoms with Gasteiger partial charge in [0.1, 0.15) is 0 Å². The van der Waals surface area contributed by atoms with E-state index in [-0.39, 0.29) is 0 Å². The molecule has 0 bridgehead atoms. The molecule has 0 radical (unpaired) electrons. The van der Waals surface area contributed by atoms with E-state index in [9.17, 15) is 0 Å². The number of hydrogen-bond donors (Lipinski definition) is 0. The zero-order valence-corrected chi connectivity index (χ0v) is 18.8. The van der Waals surface area contributed by atoms with E-state index in [0.717, 1.165) is 23.1 Å². The Balaban J connectivity index is 1.83. The van der Waals surface area contributed by atoms with Gasteiger partial charge < -0.3 is 0 Å². The molecule has 0 N–H and O–H groups in total. The molecule has 0 aliphatic rings. The fourth-order valence-corrected chi connectivity index (χ4v) is 3.72. The number of hydrogen-bond acceptors (Lipinski definition) is 3. The Labute approximate surface area is 185 Å². The molecule has 0 saturated heterocycles. The maximum atomic E-state index is 4.88. The third kappa shape index (κ3) is 4.72. The van der Waals surface area contributed by atoms with Gasteiger partial charge in [-0.2, -0.15) is 0 Å². The summed E-state index contributed by atoms with van der Waals surface area (Å²) in [7, 11) is 0. The predicted octanol–water partition coefficient (Wildman–Crippen LogP) is 7.14. The van der Waals surface area contributed by atoms with Crippen molar-refractivity contribution < 1.29 is 0 Å². The quantitative estimate of drug-likeness (QED) is 0.341. The van der Waals surface area contributed by atoms with E-state index in [1.54, 1.807) is 0 Å². The summed E-state index contributed by atoms with van der Waals surface area (Å²) in [5.74, 6) is 2.12. The molecule has 0 fully saturated rings. The zero-order valence-electron chi connectivity index (χ0n) is 18.8. The highest BCUT2D eigenvalue weighted by Gasteiger charge is 2.13. The van der Waals surface area contributed by atoms with E-state index in [1.807, 2.05) is 30.3 Å². The molecular formula is C28H29N3. The van der Waals surface area contributed by atoms with E-state index in [1.165, 1.54) is 35.1 Å². The van der Waals surface area contributed by atoms with Crippen LogP contribution in [0.15, 0.2) is 66.7 Å². The summed E-state index contributed by atoms with van der Waals surface area (Å²) in [4.78, 5) is 14.6. The topological polar surface area (TPSA) is 38.7 Å². The van der Waals surface area contributed by atoms with Gasteiger partial charge in [-0.15, -0.1) is 0 Å². The van der Waals surface area contributed by atoms with Crippen LogP contribution in [0, 0.1) is 20.8 Å². The summed E-state index contributed by atoms with van der Waals surface area (Å²) >= 11 is 0. The Kier molecular flexibility index (Phi) is 6.22. The van der Waals surface area contributed by atoms with Crippen molar-refractivity contribution in [2.75, 3.05) is 0 Å². The number of aryl methyl sites for hydroxylation is 3. The molecule has 0 spiro atoms. The van der Waals surface area contributed by atoms with Crippen LogP contribution < -0.4 is 0 Å². The van der Waals surface area contributed by atoms with Crippen molar-refractivity contribution in [1.29, 1.82) is 0 Å². The average Bonchev–Trinajstić information content (AvgIpc) is 2.81. The first kappa shape index (κ1) is 20.9. The van der Waals surface area contributed by atoms with Gasteiger partial charge in [0.2, 0.25) is 0 Å². The van der Waals surface area contributed by atoms with Crippen molar-refractivity contribution in [3.05, 3.63) is 89.0 Å². The van der Waals surface area contributed by atoms with Gasteiger partial charge in [-0.3, -0.25) is 0 Å². The highest BCUT2D eigenvalue weighted by atomic mass is 15.0. The van der Waals surface area contributed by atoms with Crippen molar-refractivity contribution in [2.24, 2.45) is 0 Å². The minimum atomic E-state index is 0.701. The molecule has 156 valence electrons. The lowest BCUT2D eigenvalue weighted by Crippen LogP contribution is -2.01. The molecular weight excluding hydrogens is 378 g/mol. The van der Waals surface area contributed by atoms with Gasteiger partial charge in [0.05, 0.1) is 0 Å². The summed E-state index contributed by atoms with van der Waals surface area (Å²) < 4.78 is 0.